The SMILES string of the molecule is CCOC(=O)C(=O)N1C(C)COCC1c1ccc(C(F)(F)F)nc1. The van der Waals surface area contributed by atoms with E-state index in [1.807, 2.05) is 0 Å². The zero-order chi connectivity index (χ0) is 17.9. The fourth-order valence-corrected chi connectivity index (χ4v) is 2.48. The normalized spacial score (nSPS) is 21.5. The predicted octanol–water partition coefficient (Wildman–Crippen LogP) is 1.95. The minimum Gasteiger partial charge on any atom is -0.459 e. The number of carbonyl (C=O) groups excluding carboxylic acids is 2. The number of halogens is 3. The summed E-state index contributed by atoms with van der Waals surface area (Å²) >= 11 is 0. The van der Waals surface area contributed by atoms with Crippen LogP contribution in [0.2, 0.25) is 0 Å². The number of alkyl halides is 3. The van der Waals surface area contributed by atoms with E-state index < -0.39 is 35.8 Å². The van der Waals surface area contributed by atoms with Gasteiger partial charge in [0.2, 0.25) is 0 Å². The number of aromatic nitrogens is 1. The zero-order valence-corrected chi connectivity index (χ0v) is 13.2. The number of nitrogens with zero attached hydrogens (tertiary/aromatic N) is 2. The number of pyridine rings is 1. The van der Waals surface area contributed by atoms with Crippen molar-refractivity contribution in [2.45, 2.75) is 32.1 Å². The maximum atomic E-state index is 12.6. The smallest absolute Gasteiger partial charge is 0.433 e. The highest BCUT2D eigenvalue weighted by molar-refractivity contribution is 6.32. The van der Waals surface area contributed by atoms with Gasteiger partial charge in [-0.15, -0.1) is 0 Å². The Labute approximate surface area is 136 Å². The van der Waals surface area contributed by atoms with Crippen LogP contribution in [0.1, 0.15) is 31.1 Å². The molecule has 24 heavy (non-hydrogen) atoms. The first-order valence-electron chi connectivity index (χ1n) is 7.36. The van der Waals surface area contributed by atoms with Crippen LogP contribution >= 0.6 is 0 Å². The summed E-state index contributed by atoms with van der Waals surface area (Å²) in [4.78, 5) is 28.7. The Kier molecular flexibility index (Phi) is 5.43. The monoisotopic (exact) mass is 346 g/mol. The van der Waals surface area contributed by atoms with Crippen LogP contribution in [0.5, 0.6) is 0 Å². The summed E-state index contributed by atoms with van der Waals surface area (Å²) in [7, 11) is 0. The van der Waals surface area contributed by atoms with E-state index in [0.717, 1.165) is 12.3 Å². The molecule has 0 spiro atoms. The molecule has 0 saturated carbocycles. The molecule has 1 aliphatic rings. The van der Waals surface area contributed by atoms with Gasteiger partial charge in [-0.3, -0.25) is 9.78 Å². The van der Waals surface area contributed by atoms with Gasteiger partial charge >= 0.3 is 18.1 Å². The first-order valence-corrected chi connectivity index (χ1v) is 7.36. The summed E-state index contributed by atoms with van der Waals surface area (Å²) < 4.78 is 47.9. The number of amides is 1. The molecule has 1 fully saturated rings. The van der Waals surface area contributed by atoms with Crippen molar-refractivity contribution >= 4 is 11.9 Å². The highest BCUT2D eigenvalue weighted by Crippen LogP contribution is 2.31. The molecule has 1 aromatic rings. The minimum atomic E-state index is -4.55. The van der Waals surface area contributed by atoms with Crippen molar-refractivity contribution in [1.29, 1.82) is 0 Å². The Morgan fingerprint density at radius 1 is 1.38 bits per heavy atom. The van der Waals surface area contributed by atoms with Gasteiger partial charge in [-0.1, -0.05) is 6.07 Å². The van der Waals surface area contributed by atoms with Gasteiger partial charge in [-0.05, 0) is 25.5 Å². The molecule has 2 atom stereocenters. The van der Waals surface area contributed by atoms with Gasteiger partial charge in [0.25, 0.3) is 0 Å². The first kappa shape index (κ1) is 18.2. The molecule has 1 aromatic heterocycles. The van der Waals surface area contributed by atoms with Crippen molar-refractivity contribution in [2.75, 3.05) is 19.8 Å². The number of esters is 1. The third-order valence-electron chi connectivity index (χ3n) is 3.59. The number of ether oxygens (including phenoxy) is 2. The zero-order valence-electron chi connectivity index (χ0n) is 13.2. The van der Waals surface area contributed by atoms with Crippen LogP contribution in [0.4, 0.5) is 13.2 Å². The molecule has 2 heterocycles. The van der Waals surface area contributed by atoms with Crippen molar-refractivity contribution in [1.82, 2.24) is 9.88 Å². The van der Waals surface area contributed by atoms with Crippen molar-refractivity contribution < 1.29 is 32.2 Å². The molecule has 6 nitrogen and oxygen atoms in total. The highest BCUT2D eigenvalue weighted by Gasteiger charge is 2.38. The van der Waals surface area contributed by atoms with Gasteiger partial charge in [0.05, 0.1) is 31.9 Å². The third-order valence-corrected chi connectivity index (χ3v) is 3.59. The lowest BCUT2D eigenvalue weighted by atomic mass is 10.0. The van der Waals surface area contributed by atoms with Crippen LogP contribution in [-0.2, 0) is 25.2 Å². The average Bonchev–Trinajstić information content (AvgIpc) is 2.53. The van der Waals surface area contributed by atoms with E-state index in [-0.39, 0.29) is 19.8 Å². The quantitative estimate of drug-likeness (QED) is 0.605. The van der Waals surface area contributed by atoms with Crippen LogP contribution in [0.15, 0.2) is 18.3 Å². The molecular formula is C15H17F3N2O4. The van der Waals surface area contributed by atoms with Crippen molar-refractivity contribution in [3.8, 4) is 0 Å². The second-order valence-corrected chi connectivity index (χ2v) is 5.31. The summed E-state index contributed by atoms with van der Waals surface area (Å²) in [6, 6.07) is 0.929. The van der Waals surface area contributed by atoms with Crippen molar-refractivity contribution in [2.24, 2.45) is 0 Å². The Hall–Kier alpha value is -2.16. The molecular weight excluding hydrogens is 329 g/mol. The Morgan fingerprint density at radius 3 is 2.62 bits per heavy atom. The molecule has 0 radical (unpaired) electrons. The van der Waals surface area contributed by atoms with E-state index in [9.17, 15) is 22.8 Å². The van der Waals surface area contributed by atoms with Crippen molar-refractivity contribution in [3.05, 3.63) is 29.6 Å². The Bertz CT molecular complexity index is 604. The topological polar surface area (TPSA) is 68.7 Å². The van der Waals surface area contributed by atoms with Crippen LogP contribution in [-0.4, -0.2) is 47.6 Å². The lowest BCUT2D eigenvalue weighted by Gasteiger charge is -2.39. The number of hydrogen-bond donors (Lipinski definition) is 0. The third kappa shape index (κ3) is 3.84. The van der Waals surface area contributed by atoms with Gasteiger partial charge in [-0.25, -0.2) is 4.79 Å². The summed E-state index contributed by atoms with van der Waals surface area (Å²) in [6.45, 7) is 3.58. The molecule has 1 amide bonds. The first-order chi connectivity index (χ1) is 11.3. The van der Waals surface area contributed by atoms with Gasteiger partial charge in [0.15, 0.2) is 0 Å². The maximum Gasteiger partial charge on any atom is 0.433 e. The molecule has 0 bridgehead atoms. The van der Waals surface area contributed by atoms with E-state index in [2.05, 4.69) is 4.98 Å². The second kappa shape index (κ2) is 7.16. The van der Waals surface area contributed by atoms with Gasteiger partial charge < -0.3 is 14.4 Å². The molecule has 0 aromatic carbocycles. The predicted molar refractivity (Wildman–Crippen MR) is 75.7 cm³/mol. The van der Waals surface area contributed by atoms with Crippen LogP contribution in [0.25, 0.3) is 0 Å². The molecule has 0 aliphatic carbocycles. The van der Waals surface area contributed by atoms with Gasteiger partial charge in [-0.2, -0.15) is 13.2 Å². The number of rotatable bonds is 2. The van der Waals surface area contributed by atoms with Crippen molar-refractivity contribution in [3.63, 3.8) is 0 Å². The van der Waals surface area contributed by atoms with E-state index in [1.165, 1.54) is 11.0 Å². The minimum absolute atomic E-state index is 0.0514. The number of carbonyl (C=O) groups is 2. The number of morpholine rings is 1. The summed E-state index contributed by atoms with van der Waals surface area (Å²) in [6.07, 6.45) is -3.50. The largest absolute Gasteiger partial charge is 0.459 e. The van der Waals surface area contributed by atoms with Crippen LogP contribution < -0.4 is 0 Å². The van der Waals surface area contributed by atoms with Crippen LogP contribution in [0, 0.1) is 0 Å². The van der Waals surface area contributed by atoms with E-state index in [4.69, 9.17) is 9.47 Å². The molecule has 2 unspecified atom stereocenters. The molecule has 132 valence electrons. The average molecular weight is 346 g/mol. The fraction of sp³-hybridized carbons (Fsp3) is 0.533. The van der Waals surface area contributed by atoms with E-state index >= 15 is 0 Å². The number of hydrogen-bond acceptors (Lipinski definition) is 5. The standard InChI is InChI=1S/C15H17F3N2O4/c1-3-24-14(22)13(21)20-9(2)7-23-8-11(20)10-4-5-12(19-6-10)15(16,17)18/h4-6,9,11H,3,7-8H2,1-2H3. The fourth-order valence-electron chi connectivity index (χ4n) is 2.48. The van der Waals surface area contributed by atoms with E-state index in [1.54, 1.807) is 13.8 Å². The van der Waals surface area contributed by atoms with Gasteiger partial charge in [0.1, 0.15) is 5.69 Å². The second-order valence-electron chi connectivity index (χ2n) is 5.31. The molecule has 2 rings (SSSR count). The van der Waals surface area contributed by atoms with Gasteiger partial charge in [0, 0.05) is 6.20 Å². The highest BCUT2D eigenvalue weighted by atomic mass is 19.4. The Morgan fingerprint density at radius 2 is 2.08 bits per heavy atom. The maximum absolute atomic E-state index is 12.6. The summed E-state index contributed by atoms with van der Waals surface area (Å²) in [5.74, 6) is -1.85. The lowest BCUT2D eigenvalue weighted by molar-refractivity contribution is -0.167. The van der Waals surface area contributed by atoms with E-state index in [0.29, 0.717) is 5.56 Å². The van der Waals surface area contributed by atoms with Crippen LogP contribution in [0.3, 0.4) is 0 Å². The molecule has 9 heteroatoms. The summed E-state index contributed by atoms with van der Waals surface area (Å²) in [5.41, 5.74) is -0.675. The molecule has 1 saturated heterocycles. The summed E-state index contributed by atoms with van der Waals surface area (Å²) in [5, 5.41) is 0. The Balaban J connectivity index is 2.28. The molecule has 1 aliphatic heterocycles. The lowest BCUT2D eigenvalue weighted by Crippen LogP contribution is -2.51. The molecule has 0 N–H and O–H groups in total.